The lowest BCUT2D eigenvalue weighted by molar-refractivity contribution is 0.100. The average Bonchev–Trinajstić information content (AvgIpc) is 2.87. The number of carbonyl (C=O) groups is 2. The number of ether oxygens (including phenoxy) is 1. The number of nitrogens with two attached hydrogens (primary N) is 1. The summed E-state index contributed by atoms with van der Waals surface area (Å²) >= 11 is 1.19. The second-order valence-electron chi connectivity index (χ2n) is 3.71. The number of benzene rings is 1. The highest BCUT2D eigenvalue weighted by Gasteiger charge is 2.13. The molecule has 98 valence electrons. The fourth-order valence-electron chi connectivity index (χ4n) is 1.56. The Morgan fingerprint density at radius 3 is 2.79 bits per heavy atom. The van der Waals surface area contributed by atoms with Crippen molar-refractivity contribution in [3.63, 3.8) is 0 Å². The molecule has 19 heavy (non-hydrogen) atoms. The lowest BCUT2D eigenvalue weighted by atomic mass is 10.2. The average molecular weight is 276 g/mol. The molecular formula is C13H12N2O3S. The first-order valence-electron chi connectivity index (χ1n) is 5.44. The van der Waals surface area contributed by atoms with Crippen LogP contribution in [0.1, 0.15) is 20.0 Å². The number of primary amides is 1. The lowest BCUT2D eigenvalue weighted by Gasteiger charge is -2.06. The van der Waals surface area contributed by atoms with Crippen molar-refractivity contribution in [1.29, 1.82) is 0 Å². The van der Waals surface area contributed by atoms with Gasteiger partial charge >= 0.3 is 0 Å². The van der Waals surface area contributed by atoms with Gasteiger partial charge in [-0.1, -0.05) is 6.07 Å². The van der Waals surface area contributed by atoms with Gasteiger partial charge in [0.2, 0.25) is 0 Å². The number of hydrogen-bond donors (Lipinski definition) is 2. The molecule has 0 atom stereocenters. The van der Waals surface area contributed by atoms with Crippen molar-refractivity contribution in [3.8, 4) is 5.75 Å². The summed E-state index contributed by atoms with van der Waals surface area (Å²) < 4.78 is 5.05. The quantitative estimate of drug-likeness (QED) is 0.897. The second kappa shape index (κ2) is 5.53. The highest BCUT2D eigenvalue weighted by atomic mass is 32.1. The van der Waals surface area contributed by atoms with E-state index in [9.17, 15) is 9.59 Å². The standard InChI is InChI=1S/C13H12N2O3S/c1-18-9-4-2-3-8(7-9)13(17)15-10-5-6-19-11(10)12(14)16/h2-7H,1H3,(H2,14,16)(H,15,17). The molecule has 0 spiro atoms. The first-order chi connectivity index (χ1) is 9.11. The van der Waals surface area contributed by atoms with Crippen molar-refractivity contribution >= 4 is 28.8 Å². The molecule has 0 bridgehead atoms. The zero-order valence-electron chi connectivity index (χ0n) is 10.2. The Bertz CT molecular complexity index is 622. The van der Waals surface area contributed by atoms with Crippen LogP contribution in [0.15, 0.2) is 35.7 Å². The van der Waals surface area contributed by atoms with E-state index in [-0.39, 0.29) is 5.91 Å². The molecule has 1 heterocycles. The summed E-state index contributed by atoms with van der Waals surface area (Å²) in [6.45, 7) is 0. The van der Waals surface area contributed by atoms with Crippen molar-refractivity contribution in [3.05, 3.63) is 46.2 Å². The third kappa shape index (κ3) is 2.92. The fraction of sp³-hybridized carbons (Fsp3) is 0.0769. The summed E-state index contributed by atoms with van der Waals surface area (Å²) in [6.07, 6.45) is 0. The van der Waals surface area contributed by atoms with E-state index in [2.05, 4.69) is 5.32 Å². The Balaban J connectivity index is 2.20. The molecule has 0 unspecified atom stereocenters. The molecule has 1 aromatic carbocycles. The molecule has 6 heteroatoms. The van der Waals surface area contributed by atoms with Gasteiger partial charge in [-0.25, -0.2) is 0 Å². The van der Waals surface area contributed by atoms with E-state index in [4.69, 9.17) is 10.5 Å². The Labute approximate surface area is 114 Å². The zero-order valence-corrected chi connectivity index (χ0v) is 11.0. The van der Waals surface area contributed by atoms with E-state index in [1.54, 1.807) is 35.7 Å². The van der Waals surface area contributed by atoms with Crippen LogP contribution in [0.4, 0.5) is 5.69 Å². The number of carbonyl (C=O) groups excluding carboxylic acids is 2. The van der Waals surface area contributed by atoms with E-state index in [0.717, 1.165) is 0 Å². The largest absolute Gasteiger partial charge is 0.497 e. The maximum Gasteiger partial charge on any atom is 0.260 e. The van der Waals surface area contributed by atoms with Gasteiger partial charge in [0, 0.05) is 5.56 Å². The van der Waals surface area contributed by atoms with Crippen LogP contribution < -0.4 is 15.8 Å². The summed E-state index contributed by atoms with van der Waals surface area (Å²) in [5, 5.41) is 4.35. The smallest absolute Gasteiger partial charge is 0.260 e. The summed E-state index contributed by atoms with van der Waals surface area (Å²) in [5.74, 6) is -0.288. The molecule has 1 aromatic heterocycles. The van der Waals surface area contributed by atoms with E-state index < -0.39 is 5.91 Å². The van der Waals surface area contributed by atoms with Crippen molar-refractivity contribution in [1.82, 2.24) is 0 Å². The minimum atomic E-state index is -0.559. The SMILES string of the molecule is COc1cccc(C(=O)Nc2ccsc2C(N)=O)c1. The third-order valence-electron chi connectivity index (χ3n) is 2.47. The van der Waals surface area contributed by atoms with Gasteiger partial charge < -0.3 is 15.8 Å². The van der Waals surface area contributed by atoms with E-state index in [0.29, 0.717) is 21.9 Å². The molecule has 3 N–H and O–H groups in total. The van der Waals surface area contributed by atoms with Crippen molar-refractivity contribution in [2.45, 2.75) is 0 Å². The molecule has 2 aromatic rings. The van der Waals surface area contributed by atoms with Gasteiger partial charge in [-0.15, -0.1) is 11.3 Å². The highest BCUT2D eigenvalue weighted by molar-refractivity contribution is 7.12. The summed E-state index contributed by atoms with van der Waals surface area (Å²) in [6, 6.07) is 8.38. The Morgan fingerprint density at radius 2 is 2.11 bits per heavy atom. The van der Waals surface area contributed by atoms with Crippen molar-refractivity contribution in [2.75, 3.05) is 12.4 Å². The molecule has 5 nitrogen and oxygen atoms in total. The van der Waals surface area contributed by atoms with Crippen LogP contribution in [0.3, 0.4) is 0 Å². The van der Waals surface area contributed by atoms with Gasteiger partial charge in [-0.05, 0) is 29.6 Å². The number of nitrogens with one attached hydrogen (secondary N) is 1. The van der Waals surface area contributed by atoms with Gasteiger partial charge in [-0.2, -0.15) is 0 Å². The molecule has 0 aliphatic rings. The molecule has 0 aliphatic carbocycles. The Morgan fingerprint density at radius 1 is 1.32 bits per heavy atom. The summed E-state index contributed by atoms with van der Waals surface area (Å²) in [7, 11) is 1.53. The lowest BCUT2D eigenvalue weighted by Crippen LogP contribution is -2.16. The van der Waals surface area contributed by atoms with Gasteiger partial charge in [0.25, 0.3) is 11.8 Å². The highest BCUT2D eigenvalue weighted by Crippen LogP contribution is 2.22. The van der Waals surface area contributed by atoms with Crippen LogP contribution >= 0.6 is 11.3 Å². The predicted molar refractivity (Wildman–Crippen MR) is 73.8 cm³/mol. The minimum absolute atomic E-state index is 0.320. The minimum Gasteiger partial charge on any atom is -0.497 e. The molecule has 0 saturated carbocycles. The summed E-state index contributed by atoms with van der Waals surface area (Å²) in [4.78, 5) is 23.5. The van der Waals surface area contributed by atoms with Crippen LogP contribution in [-0.4, -0.2) is 18.9 Å². The van der Waals surface area contributed by atoms with Crippen LogP contribution in [-0.2, 0) is 0 Å². The maximum absolute atomic E-state index is 12.0. The molecule has 0 radical (unpaired) electrons. The maximum atomic E-state index is 12.0. The number of methoxy groups -OCH3 is 1. The number of thiophene rings is 1. The monoisotopic (exact) mass is 276 g/mol. The zero-order chi connectivity index (χ0) is 13.8. The number of rotatable bonds is 4. The van der Waals surface area contributed by atoms with E-state index in [1.165, 1.54) is 18.4 Å². The topological polar surface area (TPSA) is 81.4 Å². The third-order valence-corrected chi connectivity index (χ3v) is 3.40. The van der Waals surface area contributed by atoms with Crippen LogP contribution in [0.2, 0.25) is 0 Å². The Hall–Kier alpha value is -2.34. The molecule has 0 aliphatic heterocycles. The number of amides is 2. The van der Waals surface area contributed by atoms with Crippen LogP contribution in [0.5, 0.6) is 5.75 Å². The molecule has 0 fully saturated rings. The number of anilines is 1. The van der Waals surface area contributed by atoms with E-state index in [1.807, 2.05) is 0 Å². The van der Waals surface area contributed by atoms with Crippen LogP contribution in [0, 0.1) is 0 Å². The number of hydrogen-bond acceptors (Lipinski definition) is 4. The van der Waals surface area contributed by atoms with Gasteiger partial charge in [-0.3, -0.25) is 9.59 Å². The first-order valence-corrected chi connectivity index (χ1v) is 6.32. The molecular weight excluding hydrogens is 264 g/mol. The normalized spacial score (nSPS) is 9.95. The van der Waals surface area contributed by atoms with Crippen molar-refractivity contribution in [2.24, 2.45) is 5.73 Å². The van der Waals surface area contributed by atoms with Crippen LogP contribution in [0.25, 0.3) is 0 Å². The molecule has 0 saturated heterocycles. The van der Waals surface area contributed by atoms with Gasteiger partial charge in [0.15, 0.2) is 0 Å². The Kier molecular flexibility index (Phi) is 3.82. The first kappa shape index (κ1) is 13.1. The second-order valence-corrected chi connectivity index (χ2v) is 4.63. The van der Waals surface area contributed by atoms with Crippen molar-refractivity contribution < 1.29 is 14.3 Å². The van der Waals surface area contributed by atoms with Gasteiger partial charge in [0.1, 0.15) is 10.6 Å². The summed E-state index contributed by atoms with van der Waals surface area (Å²) in [5.41, 5.74) is 6.09. The molecule has 2 amide bonds. The fourth-order valence-corrected chi connectivity index (χ4v) is 2.26. The van der Waals surface area contributed by atoms with E-state index >= 15 is 0 Å². The van der Waals surface area contributed by atoms with Gasteiger partial charge in [0.05, 0.1) is 12.8 Å². The molecule has 2 rings (SSSR count). The predicted octanol–water partition coefficient (Wildman–Crippen LogP) is 2.11.